The van der Waals surface area contributed by atoms with Crippen LogP contribution in [0.4, 0.5) is 5.69 Å². The molecule has 140 valence electrons. The highest BCUT2D eigenvalue weighted by atomic mass is 35.5. The molecule has 0 aliphatic rings. The summed E-state index contributed by atoms with van der Waals surface area (Å²) in [7, 11) is -3.89. The molecule has 26 heavy (non-hydrogen) atoms. The van der Waals surface area contributed by atoms with Crippen LogP contribution in [0.2, 0.25) is 5.02 Å². The van der Waals surface area contributed by atoms with E-state index in [9.17, 15) is 13.2 Å². The fourth-order valence-electron chi connectivity index (χ4n) is 2.24. The van der Waals surface area contributed by atoms with E-state index in [4.69, 9.17) is 11.6 Å². The van der Waals surface area contributed by atoms with Crippen molar-refractivity contribution in [2.24, 2.45) is 5.92 Å². The monoisotopic (exact) mass is 394 g/mol. The summed E-state index contributed by atoms with van der Waals surface area (Å²) in [5.74, 6) is -0.116. The van der Waals surface area contributed by atoms with Gasteiger partial charge in [-0.15, -0.1) is 0 Å². The first-order valence-electron chi connectivity index (χ1n) is 8.34. The largest absolute Gasteiger partial charge is 0.352 e. The van der Waals surface area contributed by atoms with E-state index in [2.05, 4.69) is 5.32 Å². The van der Waals surface area contributed by atoms with E-state index in [1.54, 1.807) is 42.5 Å². The van der Waals surface area contributed by atoms with Crippen LogP contribution in [0.25, 0.3) is 0 Å². The van der Waals surface area contributed by atoms with Crippen LogP contribution >= 0.6 is 11.6 Å². The molecule has 0 saturated carbocycles. The number of sulfonamides is 1. The van der Waals surface area contributed by atoms with Crippen LogP contribution in [0, 0.1) is 5.92 Å². The van der Waals surface area contributed by atoms with Crippen LogP contribution in [0.5, 0.6) is 0 Å². The molecule has 0 aliphatic carbocycles. The van der Waals surface area contributed by atoms with Crippen molar-refractivity contribution in [3.05, 3.63) is 59.6 Å². The highest BCUT2D eigenvalue weighted by molar-refractivity contribution is 7.92. The molecule has 5 nitrogen and oxygen atoms in total. The van der Waals surface area contributed by atoms with E-state index < -0.39 is 10.0 Å². The molecule has 0 aromatic heterocycles. The lowest BCUT2D eigenvalue weighted by Crippen LogP contribution is -2.44. The number of benzene rings is 2. The Bertz CT molecular complexity index is 837. The lowest BCUT2D eigenvalue weighted by molar-refractivity contribution is -0.120. The number of carbonyl (C=O) groups is 1. The van der Waals surface area contributed by atoms with Gasteiger partial charge in [0.1, 0.15) is 6.54 Å². The molecule has 0 unspecified atom stereocenters. The van der Waals surface area contributed by atoms with E-state index in [1.807, 2.05) is 20.8 Å². The number of hydrogen-bond donors (Lipinski definition) is 1. The van der Waals surface area contributed by atoms with Gasteiger partial charge in [0, 0.05) is 11.1 Å². The van der Waals surface area contributed by atoms with Gasteiger partial charge in [0.05, 0.1) is 10.6 Å². The number of carbonyl (C=O) groups excluding carboxylic acids is 1. The first kappa shape index (κ1) is 20.3. The zero-order chi connectivity index (χ0) is 19.3. The van der Waals surface area contributed by atoms with Crippen molar-refractivity contribution in [3.63, 3.8) is 0 Å². The van der Waals surface area contributed by atoms with Gasteiger partial charge in [-0.3, -0.25) is 9.10 Å². The van der Waals surface area contributed by atoms with Crippen molar-refractivity contribution in [1.82, 2.24) is 5.32 Å². The summed E-state index contributed by atoms with van der Waals surface area (Å²) >= 11 is 5.91. The molecule has 0 fully saturated rings. The summed E-state index contributed by atoms with van der Waals surface area (Å²) < 4.78 is 27.3. The third-order valence-corrected chi connectivity index (χ3v) is 6.16. The number of halogens is 1. The third-order valence-electron chi connectivity index (χ3n) is 4.12. The topological polar surface area (TPSA) is 66.5 Å². The van der Waals surface area contributed by atoms with Crippen molar-refractivity contribution in [2.75, 3.05) is 10.8 Å². The van der Waals surface area contributed by atoms with Gasteiger partial charge in [-0.2, -0.15) is 0 Å². The molecule has 0 bridgehead atoms. The van der Waals surface area contributed by atoms with E-state index >= 15 is 0 Å². The van der Waals surface area contributed by atoms with Gasteiger partial charge in [0.15, 0.2) is 0 Å². The molecule has 1 amide bonds. The quantitative estimate of drug-likeness (QED) is 0.778. The molecule has 1 atom stereocenters. The second kappa shape index (κ2) is 8.56. The smallest absolute Gasteiger partial charge is 0.264 e. The lowest BCUT2D eigenvalue weighted by Gasteiger charge is -2.25. The Kier molecular flexibility index (Phi) is 6.67. The Morgan fingerprint density at radius 3 is 2.15 bits per heavy atom. The number of nitrogens with zero attached hydrogens (tertiary/aromatic N) is 1. The minimum atomic E-state index is -3.89. The van der Waals surface area contributed by atoms with Gasteiger partial charge in [0.25, 0.3) is 10.0 Å². The van der Waals surface area contributed by atoms with E-state index in [-0.39, 0.29) is 29.3 Å². The van der Waals surface area contributed by atoms with Gasteiger partial charge in [-0.25, -0.2) is 8.42 Å². The molecule has 1 N–H and O–H groups in total. The molecule has 0 radical (unpaired) electrons. The lowest BCUT2D eigenvalue weighted by atomic mass is 10.1. The van der Waals surface area contributed by atoms with Crippen LogP contribution in [-0.2, 0) is 14.8 Å². The molecule has 0 spiro atoms. The second-order valence-electron chi connectivity index (χ2n) is 6.40. The number of rotatable bonds is 7. The maximum atomic E-state index is 13.1. The number of nitrogens with one attached hydrogen (secondary N) is 1. The minimum absolute atomic E-state index is 0.0611. The molecule has 7 heteroatoms. The number of anilines is 1. The van der Waals surface area contributed by atoms with Crippen molar-refractivity contribution in [2.45, 2.75) is 31.7 Å². The van der Waals surface area contributed by atoms with Crippen molar-refractivity contribution in [3.8, 4) is 0 Å². The Morgan fingerprint density at radius 2 is 1.62 bits per heavy atom. The predicted octanol–water partition coefficient (Wildman–Crippen LogP) is 3.70. The van der Waals surface area contributed by atoms with Gasteiger partial charge in [0.2, 0.25) is 5.91 Å². The molecule has 2 rings (SSSR count). The van der Waals surface area contributed by atoms with Gasteiger partial charge in [-0.05, 0) is 49.2 Å². The number of hydrogen-bond acceptors (Lipinski definition) is 3. The molecule has 2 aromatic carbocycles. The summed E-state index contributed by atoms with van der Waals surface area (Å²) in [6, 6.07) is 14.3. The summed E-state index contributed by atoms with van der Waals surface area (Å²) in [5.41, 5.74) is 0.380. The van der Waals surface area contributed by atoms with E-state index in [0.29, 0.717) is 10.7 Å². The number of amides is 1. The summed E-state index contributed by atoms with van der Waals surface area (Å²) in [5, 5.41) is 3.33. The van der Waals surface area contributed by atoms with Crippen molar-refractivity contribution >= 4 is 33.2 Å². The zero-order valence-corrected chi connectivity index (χ0v) is 16.6. The fourth-order valence-corrected chi connectivity index (χ4v) is 3.81. The maximum absolute atomic E-state index is 13.1. The first-order chi connectivity index (χ1) is 12.2. The Morgan fingerprint density at radius 1 is 1.04 bits per heavy atom. The first-order valence-corrected chi connectivity index (χ1v) is 10.2. The Balaban J connectivity index is 2.37. The molecular formula is C19H23ClN2O3S. The highest BCUT2D eigenvalue weighted by Crippen LogP contribution is 2.25. The van der Waals surface area contributed by atoms with Crippen LogP contribution in [0.1, 0.15) is 20.8 Å². The van der Waals surface area contributed by atoms with Crippen molar-refractivity contribution in [1.29, 1.82) is 0 Å². The average molecular weight is 395 g/mol. The maximum Gasteiger partial charge on any atom is 0.264 e. The SMILES string of the molecule is CC(C)[C@@H](C)NC(=O)CN(c1ccc(Cl)cc1)S(=O)(=O)c1ccccc1. The minimum Gasteiger partial charge on any atom is -0.352 e. The summed E-state index contributed by atoms with van der Waals surface area (Å²) in [6.45, 7) is 5.56. The molecule has 0 aliphatic heterocycles. The van der Waals surface area contributed by atoms with Crippen LogP contribution in [-0.4, -0.2) is 26.9 Å². The standard InChI is InChI=1S/C19H23ClN2O3S/c1-14(2)15(3)21-19(23)13-22(17-11-9-16(20)10-12-17)26(24,25)18-7-5-4-6-8-18/h4-12,14-15H,13H2,1-3H3,(H,21,23)/t15-/m1/s1. The van der Waals surface area contributed by atoms with Gasteiger partial charge < -0.3 is 5.32 Å². The van der Waals surface area contributed by atoms with Gasteiger partial charge >= 0.3 is 0 Å². The Labute approximate surface area is 160 Å². The molecule has 0 saturated heterocycles. The molecule has 0 heterocycles. The second-order valence-corrected chi connectivity index (χ2v) is 8.70. The van der Waals surface area contributed by atoms with Crippen LogP contribution < -0.4 is 9.62 Å². The summed E-state index contributed by atoms with van der Waals surface area (Å²) in [6.07, 6.45) is 0. The Hall–Kier alpha value is -2.05. The molecule has 2 aromatic rings. The predicted molar refractivity (Wildman–Crippen MR) is 105 cm³/mol. The van der Waals surface area contributed by atoms with Crippen LogP contribution in [0.15, 0.2) is 59.5 Å². The fraction of sp³-hybridized carbons (Fsp3) is 0.316. The summed E-state index contributed by atoms with van der Waals surface area (Å²) in [4.78, 5) is 12.6. The van der Waals surface area contributed by atoms with E-state index in [0.717, 1.165) is 4.31 Å². The third kappa shape index (κ3) is 4.99. The van der Waals surface area contributed by atoms with E-state index in [1.165, 1.54) is 12.1 Å². The van der Waals surface area contributed by atoms with Crippen molar-refractivity contribution < 1.29 is 13.2 Å². The zero-order valence-electron chi connectivity index (χ0n) is 15.0. The average Bonchev–Trinajstić information content (AvgIpc) is 2.61. The van der Waals surface area contributed by atoms with Crippen LogP contribution in [0.3, 0.4) is 0 Å². The molecular weight excluding hydrogens is 372 g/mol. The highest BCUT2D eigenvalue weighted by Gasteiger charge is 2.27. The normalized spacial score (nSPS) is 12.7. The van der Waals surface area contributed by atoms with Gasteiger partial charge in [-0.1, -0.05) is 43.6 Å².